The van der Waals surface area contributed by atoms with E-state index < -0.39 is 0 Å². The molecule has 116 valence electrons. The van der Waals surface area contributed by atoms with Gasteiger partial charge in [0.05, 0.1) is 18.4 Å². The minimum atomic E-state index is -0.366. The van der Waals surface area contributed by atoms with Gasteiger partial charge in [0.25, 0.3) is 0 Å². The maximum absolute atomic E-state index is 12.1. The van der Waals surface area contributed by atoms with Crippen LogP contribution in [-0.2, 0) is 4.74 Å². The van der Waals surface area contributed by atoms with Crippen LogP contribution in [0.3, 0.4) is 0 Å². The van der Waals surface area contributed by atoms with Crippen LogP contribution in [0, 0.1) is 0 Å². The van der Waals surface area contributed by atoms with Crippen molar-refractivity contribution in [3.05, 3.63) is 68.8 Å². The number of hydrogen-bond donors (Lipinski definition) is 1. The monoisotopic (exact) mass is 389 g/mol. The van der Waals surface area contributed by atoms with Gasteiger partial charge in [0.1, 0.15) is 0 Å². The van der Waals surface area contributed by atoms with E-state index >= 15 is 0 Å². The first-order chi connectivity index (χ1) is 11.1. The summed E-state index contributed by atoms with van der Waals surface area (Å²) in [5.41, 5.74) is 3.10. The van der Waals surface area contributed by atoms with Gasteiger partial charge >= 0.3 is 5.97 Å². The van der Waals surface area contributed by atoms with Crippen molar-refractivity contribution in [1.82, 2.24) is 4.98 Å². The maximum atomic E-state index is 12.1. The quantitative estimate of drug-likeness (QED) is 0.597. The zero-order valence-corrected chi connectivity index (χ0v) is 14.6. The van der Waals surface area contributed by atoms with E-state index in [1.54, 1.807) is 0 Å². The third-order valence-corrected chi connectivity index (χ3v) is 4.24. The highest BCUT2D eigenvalue weighted by molar-refractivity contribution is 9.10. The van der Waals surface area contributed by atoms with Crippen molar-refractivity contribution in [2.24, 2.45) is 0 Å². The van der Waals surface area contributed by atoms with Gasteiger partial charge in [0.15, 0.2) is 0 Å². The number of aromatic nitrogens is 1. The van der Waals surface area contributed by atoms with Gasteiger partial charge in [-0.15, -0.1) is 0 Å². The molecule has 0 saturated carbocycles. The van der Waals surface area contributed by atoms with E-state index in [0.717, 1.165) is 20.9 Å². The predicted molar refractivity (Wildman–Crippen MR) is 97.7 cm³/mol. The number of carbonyl (C=O) groups is 1. The fraction of sp³-hybridized carbons (Fsp3) is 0.0556. The number of nitrogens with one attached hydrogen (secondary N) is 1. The van der Waals surface area contributed by atoms with Crippen LogP contribution in [0.5, 0.6) is 0 Å². The number of methoxy groups -OCH3 is 1. The molecule has 2 aromatic carbocycles. The summed E-state index contributed by atoms with van der Waals surface area (Å²) in [5, 5.41) is 1.52. The molecule has 0 bridgehead atoms. The summed E-state index contributed by atoms with van der Waals surface area (Å²) in [6.45, 7) is 0. The molecule has 0 atom stereocenters. The summed E-state index contributed by atoms with van der Waals surface area (Å²) in [6.07, 6.45) is 3.78. The van der Waals surface area contributed by atoms with E-state index in [-0.39, 0.29) is 5.97 Å². The van der Waals surface area contributed by atoms with Crippen molar-refractivity contribution in [2.45, 2.75) is 0 Å². The first-order valence-electron chi connectivity index (χ1n) is 6.91. The minimum Gasteiger partial charge on any atom is -0.465 e. The highest BCUT2D eigenvalue weighted by Gasteiger charge is 2.17. The Balaban J connectivity index is 2.08. The topological polar surface area (TPSA) is 42.1 Å². The smallest absolute Gasteiger partial charge is 0.340 e. The molecule has 0 spiro atoms. The summed E-state index contributed by atoms with van der Waals surface area (Å²) in [5.74, 6) is -0.366. The van der Waals surface area contributed by atoms with E-state index in [1.807, 2.05) is 54.6 Å². The Hall–Kier alpha value is -2.04. The predicted octanol–water partition coefficient (Wildman–Crippen LogP) is 5.54. The number of benzene rings is 2. The second-order valence-electron chi connectivity index (χ2n) is 4.98. The van der Waals surface area contributed by atoms with Crippen molar-refractivity contribution < 1.29 is 9.53 Å². The number of fused-ring (bicyclic) bond motifs is 1. The number of aromatic amines is 1. The number of H-pyrrole nitrogens is 1. The fourth-order valence-corrected chi connectivity index (χ4v) is 2.88. The molecule has 0 fully saturated rings. The number of halogens is 2. The number of carbonyl (C=O) groups excluding carboxylic acids is 1. The van der Waals surface area contributed by atoms with Gasteiger partial charge in [0, 0.05) is 20.4 Å². The number of hydrogen-bond acceptors (Lipinski definition) is 2. The zero-order valence-electron chi connectivity index (χ0n) is 12.3. The molecule has 3 nitrogen and oxygen atoms in total. The van der Waals surface area contributed by atoms with Crippen LogP contribution in [0.4, 0.5) is 0 Å². The summed E-state index contributed by atoms with van der Waals surface area (Å²) < 4.78 is 5.86. The standard InChI is InChI=1S/C18H13BrClNO2/c1-23-18(22)17-14-8-5-12(19)10-16(14)21-15(17)9-4-11-2-6-13(20)7-3-11/h2-10,21H,1H3/b9-4+. The van der Waals surface area contributed by atoms with E-state index in [4.69, 9.17) is 16.3 Å². The Kier molecular flexibility index (Phi) is 4.55. The highest BCUT2D eigenvalue weighted by atomic mass is 79.9. The molecule has 0 unspecified atom stereocenters. The molecule has 1 N–H and O–H groups in total. The van der Waals surface area contributed by atoms with Gasteiger partial charge < -0.3 is 9.72 Å². The first kappa shape index (κ1) is 15.8. The van der Waals surface area contributed by atoms with Crippen LogP contribution in [0.1, 0.15) is 21.6 Å². The summed E-state index contributed by atoms with van der Waals surface area (Å²) in [7, 11) is 1.38. The van der Waals surface area contributed by atoms with Crippen LogP contribution in [0.15, 0.2) is 46.9 Å². The van der Waals surface area contributed by atoms with Crippen LogP contribution < -0.4 is 0 Å². The SMILES string of the molecule is COC(=O)c1c(/C=C/c2ccc(Cl)cc2)[nH]c2cc(Br)ccc12. The van der Waals surface area contributed by atoms with Crippen molar-refractivity contribution in [2.75, 3.05) is 7.11 Å². The Morgan fingerprint density at radius 3 is 2.61 bits per heavy atom. The van der Waals surface area contributed by atoms with E-state index in [2.05, 4.69) is 20.9 Å². The average Bonchev–Trinajstić information content (AvgIpc) is 2.91. The average molecular weight is 391 g/mol. The van der Waals surface area contributed by atoms with Gasteiger partial charge in [0.2, 0.25) is 0 Å². The van der Waals surface area contributed by atoms with Crippen LogP contribution >= 0.6 is 27.5 Å². The lowest BCUT2D eigenvalue weighted by molar-refractivity contribution is 0.0603. The minimum absolute atomic E-state index is 0.366. The third-order valence-electron chi connectivity index (χ3n) is 3.49. The molecular formula is C18H13BrClNO2. The lowest BCUT2D eigenvalue weighted by Gasteiger charge is -1.99. The molecule has 1 aromatic heterocycles. The Labute approximate surface area is 147 Å². The van der Waals surface area contributed by atoms with Gasteiger partial charge in [-0.2, -0.15) is 0 Å². The van der Waals surface area contributed by atoms with Crippen LogP contribution in [0.2, 0.25) is 5.02 Å². The van der Waals surface area contributed by atoms with Gasteiger partial charge in [-0.1, -0.05) is 51.8 Å². The van der Waals surface area contributed by atoms with Gasteiger partial charge in [-0.3, -0.25) is 0 Å². The normalized spacial score (nSPS) is 11.3. The number of ether oxygens (including phenoxy) is 1. The van der Waals surface area contributed by atoms with Crippen molar-refractivity contribution in [1.29, 1.82) is 0 Å². The Bertz CT molecular complexity index is 897. The van der Waals surface area contributed by atoms with Gasteiger partial charge in [-0.05, 0) is 35.9 Å². The second kappa shape index (κ2) is 6.60. The molecule has 1 heterocycles. The van der Waals surface area contributed by atoms with E-state index in [9.17, 15) is 4.79 Å². The lowest BCUT2D eigenvalue weighted by Crippen LogP contribution is -2.02. The molecular weight excluding hydrogens is 378 g/mol. The summed E-state index contributed by atoms with van der Waals surface area (Å²) in [4.78, 5) is 15.4. The molecule has 5 heteroatoms. The molecule has 0 radical (unpaired) electrons. The summed E-state index contributed by atoms with van der Waals surface area (Å²) >= 11 is 9.32. The van der Waals surface area contributed by atoms with E-state index in [1.165, 1.54) is 7.11 Å². The van der Waals surface area contributed by atoms with Crippen molar-refractivity contribution in [3.8, 4) is 0 Å². The van der Waals surface area contributed by atoms with E-state index in [0.29, 0.717) is 16.3 Å². The largest absolute Gasteiger partial charge is 0.465 e. The Morgan fingerprint density at radius 2 is 1.91 bits per heavy atom. The first-order valence-corrected chi connectivity index (χ1v) is 8.09. The summed E-state index contributed by atoms with van der Waals surface area (Å²) in [6, 6.07) is 13.2. The molecule has 0 aliphatic carbocycles. The molecule has 3 aromatic rings. The molecule has 0 aliphatic rings. The lowest BCUT2D eigenvalue weighted by atomic mass is 10.1. The maximum Gasteiger partial charge on any atom is 0.340 e. The van der Waals surface area contributed by atoms with Crippen molar-refractivity contribution in [3.63, 3.8) is 0 Å². The Morgan fingerprint density at radius 1 is 1.17 bits per heavy atom. The molecule has 0 aliphatic heterocycles. The second-order valence-corrected chi connectivity index (χ2v) is 6.33. The fourth-order valence-electron chi connectivity index (χ4n) is 2.39. The molecule has 23 heavy (non-hydrogen) atoms. The third kappa shape index (κ3) is 3.33. The molecule has 0 amide bonds. The van der Waals surface area contributed by atoms with Crippen LogP contribution in [0.25, 0.3) is 23.1 Å². The molecule has 3 rings (SSSR count). The molecule has 0 saturated heterocycles. The zero-order chi connectivity index (χ0) is 16.4. The number of esters is 1. The van der Waals surface area contributed by atoms with Crippen LogP contribution in [-0.4, -0.2) is 18.1 Å². The highest BCUT2D eigenvalue weighted by Crippen LogP contribution is 2.27. The van der Waals surface area contributed by atoms with Crippen molar-refractivity contribution >= 4 is 56.6 Å². The number of rotatable bonds is 3. The van der Waals surface area contributed by atoms with Gasteiger partial charge in [-0.25, -0.2) is 4.79 Å².